The number of hydrogen-bond donors (Lipinski definition) is 0. The van der Waals surface area contributed by atoms with Crippen LogP contribution in [-0.4, -0.2) is 54.6 Å². The van der Waals surface area contributed by atoms with E-state index in [9.17, 15) is 9.59 Å². The van der Waals surface area contributed by atoms with E-state index in [2.05, 4.69) is 0 Å². The van der Waals surface area contributed by atoms with Crippen LogP contribution in [0.4, 0.5) is 0 Å². The van der Waals surface area contributed by atoms with Crippen molar-refractivity contribution in [3.63, 3.8) is 0 Å². The Bertz CT molecular complexity index is 662. The Balaban J connectivity index is 1.56. The molecule has 1 aromatic rings. The number of piperidine rings is 1. The number of thioether (sulfide) groups is 1. The van der Waals surface area contributed by atoms with E-state index in [-0.39, 0.29) is 5.91 Å². The maximum absolute atomic E-state index is 12.1. The highest BCUT2D eigenvalue weighted by atomic mass is 35.5. The molecule has 2 amide bonds. The summed E-state index contributed by atoms with van der Waals surface area (Å²) in [7, 11) is 3.47. The van der Waals surface area contributed by atoms with Gasteiger partial charge in [0.05, 0.1) is 10.6 Å². The minimum Gasteiger partial charge on any atom is -0.345 e. The summed E-state index contributed by atoms with van der Waals surface area (Å²) in [5.41, 5.74) is 1.02. The Morgan fingerprint density at radius 1 is 1.23 bits per heavy atom. The molecule has 1 aromatic carbocycles. The second-order valence-corrected chi connectivity index (χ2v) is 9.58. The summed E-state index contributed by atoms with van der Waals surface area (Å²) in [6, 6.07) is 5.78. The van der Waals surface area contributed by atoms with Gasteiger partial charge in [-0.05, 0) is 62.1 Å². The maximum Gasteiger partial charge on any atom is 0.254 e. The van der Waals surface area contributed by atoms with Gasteiger partial charge in [0.15, 0.2) is 0 Å². The lowest BCUT2D eigenvalue weighted by atomic mass is 9.68. The Morgan fingerprint density at radius 3 is 2.42 bits per heavy atom. The van der Waals surface area contributed by atoms with Crippen molar-refractivity contribution >= 4 is 35.7 Å². The maximum atomic E-state index is 12.1. The minimum absolute atomic E-state index is 0.0622. The van der Waals surface area contributed by atoms with Crippen molar-refractivity contribution in [3.05, 3.63) is 28.8 Å². The molecule has 142 valence electrons. The van der Waals surface area contributed by atoms with E-state index in [0.717, 1.165) is 37.2 Å². The van der Waals surface area contributed by atoms with Gasteiger partial charge < -0.3 is 9.80 Å². The van der Waals surface area contributed by atoms with Crippen molar-refractivity contribution in [2.75, 3.05) is 27.2 Å². The van der Waals surface area contributed by atoms with E-state index < -0.39 is 0 Å². The van der Waals surface area contributed by atoms with Gasteiger partial charge in [-0.2, -0.15) is 0 Å². The monoisotopic (exact) mass is 394 g/mol. The predicted octanol–water partition coefficient (Wildman–Crippen LogP) is 4.32. The normalized spacial score (nSPS) is 20.2. The fourth-order valence-electron chi connectivity index (χ4n) is 4.10. The molecular weight excluding hydrogens is 368 g/mol. The van der Waals surface area contributed by atoms with Gasteiger partial charge in [0.2, 0.25) is 6.41 Å². The lowest BCUT2D eigenvalue weighted by Gasteiger charge is -2.45. The Kier molecular flexibility index (Phi) is 6.18. The number of amides is 2. The fourth-order valence-corrected chi connectivity index (χ4v) is 5.62. The van der Waals surface area contributed by atoms with Crippen molar-refractivity contribution in [2.24, 2.45) is 5.41 Å². The topological polar surface area (TPSA) is 40.6 Å². The number of halogens is 1. The van der Waals surface area contributed by atoms with Crippen LogP contribution in [-0.2, 0) is 4.79 Å². The molecule has 1 aliphatic carbocycles. The van der Waals surface area contributed by atoms with Crippen LogP contribution in [0.15, 0.2) is 23.1 Å². The average molecular weight is 395 g/mol. The first-order chi connectivity index (χ1) is 12.4. The van der Waals surface area contributed by atoms with Gasteiger partial charge in [-0.3, -0.25) is 9.59 Å². The first-order valence-electron chi connectivity index (χ1n) is 9.30. The summed E-state index contributed by atoms with van der Waals surface area (Å²) in [5, 5.41) is 1.14. The number of nitrogens with zero attached hydrogens (tertiary/aromatic N) is 2. The molecule has 0 unspecified atom stereocenters. The highest BCUT2D eigenvalue weighted by molar-refractivity contribution is 8.00. The molecule has 0 aromatic heterocycles. The molecule has 4 nitrogen and oxygen atoms in total. The molecule has 2 aliphatic rings. The SMILES string of the molecule is CN(C)C(=O)c1ccc(SC2CCC3(CC2)CCN(C=O)CC3)cc1Cl. The average Bonchev–Trinajstić information content (AvgIpc) is 2.64. The summed E-state index contributed by atoms with van der Waals surface area (Å²) in [4.78, 5) is 27.6. The molecule has 0 atom stereocenters. The first-order valence-corrected chi connectivity index (χ1v) is 10.6. The quantitative estimate of drug-likeness (QED) is 0.714. The highest BCUT2D eigenvalue weighted by Gasteiger charge is 2.38. The third-order valence-electron chi connectivity index (χ3n) is 5.88. The van der Waals surface area contributed by atoms with Crippen molar-refractivity contribution in [1.29, 1.82) is 0 Å². The van der Waals surface area contributed by atoms with E-state index in [1.54, 1.807) is 19.0 Å². The Labute approximate surface area is 165 Å². The van der Waals surface area contributed by atoms with Crippen LogP contribution < -0.4 is 0 Å². The third kappa shape index (κ3) is 4.37. The second kappa shape index (κ2) is 8.22. The van der Waals surface area contributed by atoms with E-state index in [0.29, 0.717) is 21.3 Å². The lowest BCUT2D eigenvalue weighted by Crippen LogP contribution is -2.41. The molecule has 0 radical (unpaired) electrons. The van der Waals surface area contributed by atoms with Crippen LogP contribution in [0.25, 0.3) is 0 Å². The summed E-state index contributed by atoms with van der Waals surface area (Å²) >= 11 is 8.22. The Hall–Kier alpha value is -1.20. The standard InChI is InChI=1S/C20H27ClN2O2S/c1-22(2)19(25)17-4-3-16(13-18(17)21)26-15-5-7-20(8-6-15)9-11-23(14-24)12-10-20/h3-4,13-15H,5-12H2,1-2H3. The molecule has 1 saturated heterocycles. The highest BCUT2D eigenvalue weighted by Crippen LogP contribution is 2.48. The van der Waals surface area contributed by atoms with Gasteiger partial charge in [0, 0.05) is 37.3 Å². The van der Waals surface area contributed by atoms with Crippen molar-refractivity contribution in [1.82, 2.24) is 9.80 Å². The van der Waals surface area contributed by atoms with Gasteiger partial charge in [-0.15, -0.1) is 11.8 Å². The summed E-state index contributed by atoms with van der Waals surface area (Å²) in [5.74, 6) is -0.0622. The minimum atomic E-state index is -0.0622. The number of hydrogen-bond acceptors (Lipinski definition) is 3. The molecule has 1 heterocycles. The first kappa shape index (κ1) is 19.6. The molecule has 1 aliphatic heterocycles. The molecule has 0 bridgehead atoms. The zero-order valence-electron chi connectivity index (χ0n) is 15.5. The summed E-state index contributed by atoms with van der Waals surface area (Å²) in [6.07, 6.45) is 8.21. The van der Waals surface area contributed by atoms with Crippen LogP contribution in [0.3, 0.4) is 0 Å². The van der Waals surface area contributed by atoms with E-state index in [1.807, 2.05) is 34.9 Å². The number of carbonyl (C=O) groups excluding carboxylic acids is 2. The van der Waals surface area contributed by atoms with Crippen LogP contribution >= 0.6 is 23.4 Å². The van der Waals surface area contributed by atoms with Crippen LogP contribution in [0.5, 0.6) is 0 Å². The molecule has 26 heavy (non-hydrogen) atoms. The van der Waals surface area contributed by atoms with Crippen molar-refractivity contribution in [3.8, 4) is 0 Å². The number of likely N-dealkylation sites (tertiary alicyclic amines) is 1. The van der Waals surface area contributed by atoms with Crippen LogP contribution in [0, 0.1) is 5.41 Å². The molecule has 3 rings (SSSR count). The number of carbonyl (C=O) groups is 2. The van der Waals surface area contributed by atoms with Gasteiger partial charge in [-0.25, -0.2) is 0 Å². The molecule has 2 fully saturated rings. The zero-order valence-corrected chi connectivity index (χ0v) is 17.1. The second-order valence-electron chi connectivity index (χ2n) is 7.80. The molecule has 1 saturated carbocycles. The predicted molar refractivity (Wildman–Crippen MR) is 107 cm³/mol. The van der Waals surface area contributed by atoms with E-state index >= 15 is 0 Å². The van der Waals surface area contributed by atoms with E-state index in [4.69, 9.17) is 11.6 Å². The molecule has 1 spiro atoms. The fraction of sp³-hybridized carbons (Fsp3) is 0.600. The van der Waals surface area contributed by atoms with Gasteiger partial charge in [-0.1, -0.05) is 11.6 Å². The largest absolute Gasteiger partial charge is 0.345 e. The van der Waals surface area contributed by atoms with Crippen molar-refractivity contribution < 1.29 is 9.59 Å². The molecule has 6 heteroatoms. The molecular formula is C20H27ClN2O2S. The van der Waals surface area contributed by atoms with Gasteiger partial charge >= 0.3 is 0 Å². The van der Waals surface area contributed by atoms with Crippen molar-refractivity contribution in [2.45, 2.75) is 48.7 Å². The zero-order chi connectivity index (χ0) is 18.7. The number of benzene rings is 1. The van der Waals surface area contributed by atoms with Gasteiger partial charge in [0.25, 0.3) is 5.91 Å². The summed E-state index contributed by atoms with van der Waals surface area (Å²) < 4.78 is 0. The smallest absolute Gasteiger partial charge is 0.254 e. The molecule has 0 N–H and O–H groups in total. The van der Waals surface area contributed by atoms with Crippen LogP contribution in [0.1, 0.15) is 48.9 Å². The lowest BCUT2D eigenvalue weighted by molar-refractivity contribution is -0.120. The van der Waals surface area contributed by atoms with Crippen LogP contribution in [0.2, 0.25) is 5.02 Å². The summed E-state index contributed by atoms with van der Waals surface area (Å²) in [6.45, 7) is 1.83. The Morgan fingerprint density at radius 2 is 1.88 bits per heavy atom. The van der Waals surface area contributed by atoms with Gasteiger partial charge in [0.1, 0.15) is 0 Å². The number of rotatable bonds is 4. The van der Waals surface area contributed by atoms with E-state index in [1.165, 1.54) is 25.7 Å². The third-order valence-corrected chi connectivity index (χ3v) is 7.52.